The van der Waals surface area contributed by atoms with Gasteiger partial charge in [0.1, 0.15) is 0 Å². The van der Waals surface area contributed by atoms with Crippen molar-refractivity contribution in [1.82, 2.24) is 19.9 Å². The molecular formula is C29H26F12N4O9. The largest absolute Gasteiger partial charge is 0.490 e. The number of aromatic nitrogens is 3. The molecule has 0 fully saturated rings. The third kappa shape index (κ3) is 21.1. The normalized spacial score (nSPS) is 12.7. The highest BCUT2D eigenvalue weighted by Gasteiger charge is 2.40. The maximum absolute atomic E-state index is 10.6. The summed E-state index contributed by atoms with van der Waals surface area (Å²) in [5.74, 6) is -11.0. The highest BCUT2D eigenvalue weighted by molar-refractivity contribution is 5.74. The van der Waals surface area contributed by atoms with E-state index in [4.69, 9.17) is 44.3 Å². The van der Waals surface area contributed by atoms with Crippen molar-refractivity contribution in [3.05, 3.63) is 89.3 Å². The third-order valence-corrected chi connectivity index (χ3v) is 5.64. The van der Waals surface area contributed by atoms with Crippen LogP contribution >= 0.6 is 0 Å². The number of fused-ring (bicyclic) bond motifs is 1. The lowest BCUT2D eigenvalue weighted by Crippen LogP contribution is -2.31. The summed E-state index contributed by atoms with van der Waals surface area (Å²) >= 11 is 0. The first-order valence-electron chi connectivity index (χ1n) is 13.9. The minimum absolute atomic E-state index is 0.573. The highest BCUT2D eigenvalue weighted by atomic mass is 19.4. The number of ether oxygens (including phenoxy) is 1. The number of aliphatic carboxylic acids is 4. The van der Waals surface area contributed by atoms with Crippen molar-refractivity contribution >= 4 is 23.9 Å². The topological polar surface area (TPSA) is 200 Å². The zero-order valence-electron chi connectivity index (χ0n) is 26.7. The van der Waals surface area contributed by atoms with Gasteiger partial charge in [-0.15, -0.1) is 0 Å². The molecule has 1 aliphatic heterocycles. The maximum atomic E-state index is 10.6. The van der Waals surface area contributed by atoms with Gasteiger partial charge in [-0.3, -0.25) is 19.9 Å². The Bertz CT molecular complexity index is 1510. The number of nitrogens with zero attached hydrogens (tertiary/aromatic N) is 4. The van der Waals surface area contributed by atoms with Crippen molar-refractivity contribution in [2.45, 2.75) is 57.4 Å². The van der Waals surface area contributed by atoms with Crippen LogP contribution in [0.4, 0.5) is 52.7 Å². The quantitative estimate of drug-likeness (QED) is 0.222. The molecule has 0 atom stereocenters. The Morgan fingerprint density at radius 3 is 1.56 bits per heavy atom. The van der Waals surface area contributed by atoms with Crippen molar-refractivity contribution in [2.75, 3.05) is 6.54 Å². The minimum atomic E-state index is -5.08. The van der Waals surface area contributed by atoms with Gasteiger partial charge in [0, 0.05) is 50.6 Å². The van der Waals surface area contributed by atoms with Gasteiger partial charge >= 0.3 is 48.6 Å². The van der Waals surface area contributed by atoms with Crippen LogP contribution in [-0.4, -0.2) is 95.4 Å². The number of halogens is 12. The minimum Gasteiger partial charge on any atom is -0.475 e. The SMILES string of the molecule is O=C(O)C(F)(F)F.O=C(O)C(F)(F)F.O=C(O)C(F)(F)F.O=C(O)C(F)(F)F.c1ccc(CN2CCc3c(COCc4cccnc4)cncc3C2)nc1. The van der Waals surface area contributed by atoms with E-state index in [9.17, 15) is 52.7 Å². The van der Waals surface area contributed by atoms with Gasteiger partial charge in [0.15, 0.2) is 0 Å². The lowest BCUT2D eigenvalue weighted by atomic mass is 9.97. The summed E-state index contributed by atoms with van der Waals surface area (Å²) < 4.78 is 133. The molecule has 25 heteroatoms. The molecule has 0 radical (unpaired) electrons. The number of rotatable bonds is 6. The Morgan fingerprint density at radius 2 is 1.15 bits per heavy atom. The number of carboxylic acid groups (broad SMARTS) is 4. The van der Waals surface area contributed by atoms with Crippen molar-refractivity contribution in [3.8, 4) is 0 Å². The zero-order chi connectivity index (χ0) is 41.9. The molecule has 3 aromatic heterocycles. The van der Waals surface area contributed by atoms with Crippen LogP contribution in [0.1, 0.15) is 27.9 Å². The molecule has 0 saturated carbocycles. The van der Waals surface area contributed by atoms with Gasteiger partial charge in [-0.2, -0.15) is 52.7 Å². The Balaban J connectivity index is 0.000000820. The molecule has 300 valence electrons. The molecule has 3 aromatic rings. The van der Waals surface area contributed by atoms with Crippen LogP contribution in [-0.2, 0) is 56.6 Å². The first kappa shape index (κ1) is 48.4. The summed E-state index contributed by atoms with van der Waals surface area (Å²) in [4.78, 5) is 51.0. The van der Waals surface area contributed by atoms with Crippen LogP contribution in [0.5, 0.6) is 0 Å². The Labute approximate surface area is 294 Å². The average Bonchev–Trinajstić information content (AvgIpc) is 3.05. The van der Waals surface area contributed by atoms with E-state index in [0.29, 0.717) is 13.2 Å². The molecule has 0 saturated heterocycles. The molecule has 0 bridgehead atoms. The fraction of sp³-hybridized carbons (Fsp3) is 0.345. The van der Waals surface area contributed by atoms with Gasteiger partial charge in [0.05, 0.1) is 18.9 Å². The van der Waals surface area contributed by atoms with Crippen LogP contribution < -0.4 is 0 Å². The smallest absolute Gasteiger partial charge is 0.475 e. The Morgan fingerprint density at radius 1 is 0.648 bits per heavy atom. The molecule has 4 N–H and O–H groups in total. The molecule has 54 heavy (non-hydrogen) atoms. The van der Waals surface area contributed by atoms with E-state index in [1.54, 1.807) is 6.20 Å². The molecule has 0 unspecified atom stereocenters. The second-order valence-corrected chi connectivity index (χ2v) is 9.78. The third-order valence-electron chi connectivity index (χ3n) is 5.64. The number of pyridine rings is 3. The second kappa shape index (κ2) is 21.8. The van der Waals surface area contributed by atoms with E-state index >= 15 is 0 Å². The van der Waals surface area contributed by atoms with Crippen molar-refractivity contribution in [3.63, 3.8) is 0 Å². The van der Waals surface area contributed by atoms with Crippen LogP contribution in [0.25, 0.3) is 0 Å². The van der Waals surface area contributed by atoms with E-state index in [2.05, 4.69) is 25.9 Å². The predicted octanol–water partition coefficient (Wildman–Crippen LogP) is 5.68. The lowest BCUT2D eigenvalue weighted by Gasteiger charge is -2.29. The van der Waals surface area contributed by atoms with Gasteiger partial charge in [0.2, 0.25) is 0 Å². The van der Waals surface area contributed by atoms with E-state index in [0.717, 1.165) is 37.3 Å². The van der Waals surface area contributed by atoms with Crippen LogP contribution in [0.3, 0.4) is 0 Å². The van der Waals surface area contributed by atoms with Crippen LogP contribution in [0.2, 0.25) is 0 Å². The summed E-state index contributed by atoms with van der Waals surface area (Å²) in [5.41, 5.74) is 6.09. The molecule has 0 aromatic carbocycles. The van der Waals surface area contributed by atoms with Crippen LogP contribution in [0, 0.1) is 0 Å². The summed E-state index contributed by atoms with van der Waals surface area (Å²) in [7, 11) is 0. The lowest BCUT2D eigenvalue weighted by molar-refractivity contribution is -0.193. The first-order valence-corrected chi connectivity index (χ1v) is 13.9. The summed E-state index contributed by atoms with van der Waals surface area (Å²) in [6.45, 7) is 3.98. The zero-order valence-corrected chi connectivity index (χ0v) is 26.7. The molecule has 0 aliphatic carbocycles. The van der Waals surface area contributed by atoms with E-state index in [1.165, 1.54) is 16.7 Å². The van der Waals surface area contributed by atoms with Gasteiger partial charge in [0.25, 0.3) is 0 Å². The number of alkyl halides is 12. The van der Waals surface area contributed by atoms with Crippen molar-refractivity contribution in [1.29, 1.82) is 0 Å². The second-order valence-electron chi connectivity index (χ2n) is 9.78. The monoisotopic (exact) mass is 802 g/mol. The molecular weight excluding hydrogens is 776 g/mol. The Hall–Kier alpha value is -5.59. The average molecular weight is 803 g/mol. The number of hydrogen-bond acceptors (Lipinski definition) is 9. The van der Waals surface area contributed by atoms with Crippen molar-refractivity contribution in [2.24, 2.45) is 0 Å². The first-order chi connectivity index (χ1) is 24.7. The van der Waals surface area contributed by atoms with Crippen molar-refractivity contribution < 1.29 is 97.0 Å². The van der Waals surface area contributed by atoms with Gasteiger partial charge in [-0.05, 0) is 46.9 Å². The standard InChI is InChI=1S/C21H22N4O.4C2HF3O2/c1-2-8-24-20(5-1)14-25-9-6-21-18(13-25)11-23-12-19(21)16-26-15-17-4-3-7-22-10-17;4*3-2(4,5)1(6)7/h1-5,7-8,10-12H,6,9,13-16H2;4*(H,6,7). The molecule has 0 spiro atoms. The molecule has 1 aliphatic rings. The van der Waals surface area contributed by atoms with Gasteiger partial charge in [-0.25, -0.2) is 19.2 Å². The summed E-state index contributed by atoms with van der Waals surface area (Å²) in [6, 6.07) is 10.0. The van der Waals surface area contributed by atoms with E-state index < -0.39 is 48.6 Å². The predicted molar refractivity (Wildman–Crippen MR) is 154 cm³/mol. The van der Waals surface area contributed by atoms with E-state index in [-0.39, 0.29) is 0 Å². The fourth-order valence-corrected chi connectivity index (χ4v) is 3.37. The molecule has 0 amide bonds. The molecule has 13 nitrogen and oxygen atoms in total. The van der Waals surface area contributed by atoms with Crippen LogP contribution in [0.15, 0.2) is 61.3 Å². The highest BCUT2D eigenvalue weighted by Crippen LogP contribution is 2.23. The fourth-order valence-electron chi connectivity index (χ4n) is 3.37. The van der Waals surface area contributed by atoms with E-state index in [1.807, 2.05) is 49.1 Å². The Kier molecular flexibility index (Phi) is 19.6. The summed E-state index contributed by atoms with van der Waals surface area (Å²) in [5, 5.41) is 28.5. The molecule has 4 heterocycles. The van der Waals surface area contributed by atoms with Gasteiger partial charge in [-0.1, -0.05) is 12.1 Å². The molecule has 4 rings (SSSR count). The number of hydrogen-bond donors (Lipinski definition) is 4. The number of carbonyl (C=O) groups is 4. The summed E-state index contributed by atoms with van der Waals surface area (Å²) in [6.07, 6.45) is -9.91. The van der Waals surface area contributed by atoms with Gasteiger partial charge < -0.3 is 25.2 Å². The number of carboxylic acids is 4. The maximum Gasteiger partial charge on any atom is 0.490 e.